The van der Waals surface area contributed by atoms with Gasteiger partial charge in [0.05, 0.1) is 38.6 Å². The fraction of sp³-hybridized carbons (Fsp3) is 0.176. The molecule has 0 unspecified atom stereocenters. The highest BCUT2D eigenvalue weighted by Gasteiger charge is 2.17. The number of anilines is 1. The third kappa shape index (κ3) is 3.96. The van der Waals surface area contributed by atoms with Crippen molar-refractivity contribution >= 4 is 40.5 Å². The molecule has 0 saturated heterocycles. The van der Waals surface area contributed by atoms with Crippen molar-refractivity contribution in [3.8, 4) is 0 Å². The number of nitro benzene ring substituents is 1. The van der Waals surface area contributed by atoms with Crippen molar-refractivity contribution in [1.82, 2.24) is 9.78 Å². The van der Waals surface area contributed by atoms with Gasteiger partial charge in [-0.25, -0.2) is 0 Å². The summed E-state index contributed by atoms with van der Waals surface area (Å²) in [5.74, 6) is -0.0252. The van der Waals surface area contributed by atoms with Crippen LogP contribution in [0.4, 0.5) is 11.4 Å². The molecule has 0 saturated carbocycles. The van der Waals surface area contributed by atoms with Crippen LogP contribution >= 0.6 is 23.2 Å². The van der Waals surface area contributed by atoms with Crippen molar-refractivity contribution in [3.05, 3.63) is 73.4 Å². The van der Waals surface area contributed by atoms with Crippen LogP contribution in [0, 0.1) is 24.0 Å². The standard InChI is InChI=1S/C17H14Cl2N4O4/c1-9-16(19)10(2)22(21-9)8-12-4-6-15(27-12)17(24)20-14-7-11(23(25)26)3-5-13(14)18/h3-7H,8H2,1-2H3,(H,20,24). The Hall–Kier alpha value is -2.84. The molecule has 8 nitrogen and oxygen atoms in total. The molecule has 0 bridgehead atoms. The summed E-state index contributed by atoms with van der Waals surface area (Å²) >= 11 is 12.1. The second-order valence-corrected chi connectivity index (χ2v) is 6.57. The summed E-state index contributed by atoms with van der Waals surface area (Å²) in [5, 5.41) is 18.4. The van der Waals surface area contributed by atoms with Gasteiger partial charge in [-0.2, -0.15) is 5.10 Å². The van der Waals surface area contributed by atoms with E-state index < -0.39 is 10.8 Å². The van der Waals surface area contributed by atoms with Crippen molar-refractivity contribution in [2.75, 3.05) is 5.32 Å². The number of hydrogen-bond donors (Lipinski definition) is 1. The number of benzene rings is 1. The van der Waals surface area contributed by atoms with E-state index in [-0.39, 0.29) is 22.2 Å². The van der Waals surface area contributed by atoms with E-state index in [0.717, 1.165) is 5.69 Å². The van der Waals surface area contributed by atoms with E-state index in [9.17, 15) is 14.9 Å². The molecular formula is C17H14Cl2N4O4. The zero-order valence-electron chi connectivity index (χ0n) is 14.3. The molecule has 2 aromatic heterocycles. The minimum Gasteiger partial charge on any atom is -0.454 e. The number of carbonyl (C=O) groups is 1. The smallest absolute Gasteiger partial charge is 0.291 e. The highest BCUT2D eigenvalue weighted by atomic mass is 35.5. The molecular weight excluding hydrogens is 395 g/mol. The Morgan fingerprint density at radius 2 is 2.04 bits per heavy atom. The number of hydrogen-bond acceptors (Lipinski definition) is 5. The largest absolute Gasteiger partial charge is 0.454 e. The topological polar surface area (TPSA) is 103 Å². The minimum atomic E-state index is -0.574. The zero-order chi connectivity index (χ0) is 19.7. The number of furan rings is 1. The number of amides is 1. The maximum absolute atomic E-state index is 12.4. The van der Waals surface area contributed by atoms with E-state index in [2.05, 4.69) is 10.4 Å². The molecule has 140 valence electrons. The van der Waals surface area contributed by atoms with Gasteiger partial charge < -0.3 is 9.73 Å². The first-order chi connectivity index (χ1) is 12.8. The van der Waals surface area contributed by atoms with Crippen LogP contribution in [0.1, 0.15) is 27.7 Å². The lowest BCUT2D eigenvalue weighted by Crippen LogP contribution is -2.11. The molecule has 1 aromatic carbocycles. The second kappa shape index (κ2) is 7.42. The number of aromatic nitrogens is 2. The summed E-state index contributed by atoms with van der Waals surface area (Å²) in [5.41, 5.74) is 1.44. The van der Waals surface area contributed by atoms with Crippen LogP contribution in [0.2, 0.25) is 10.0 Å². The maximum atomic E-state index is 12.4. The average molecular weight is 409 g/mol. The number of nitrogens with zero attached hydrogens (tertiary/aromatic N) is 3. The van der Waals surface area contributed by atoms with E-state index in [4.69, 9.17) is 27.6 Å². The van der Waals surface area contributed by atoms with Crippen molar-refractivity contribution in [2.45, 2.75) is 20.4 Å². The third-order valence-corrected chi connectivity index (χ3v) is 4.77. The Kier molecular flexibility index (Phi) is 5.20. The molecule has 2 heterocycles. The normalized spacial score (nSPS) is 10.8. The van der Waals surface area contributed by atoms with E-state index in [1.54, 1.807) is 17.7 Å². The number of nitro groups is 1. The molecule has 3 rings (SSSR count). The van der Waals surface area contributed by atoms with Crippen LogP contribution in [0.15, 0.2) is 34.7 Å². The van der Waals surface area contributed by atoms with Gasteiger partial charge in [0.1, 0.15) is 5.76 Å². The Balaban J connectivity index is 1.76. The fourth-order valence-corrected chi connectivity index (χ4v) is 2.77. The molecule has 0 spiro atoms. The van der Waals surface area contributed by atoms with Crippen LogP contribution in [-0.2, 0) is 6.54 Å². The van der Waals surface area contributed by atoms with Crippen molar-refractivity contribution in [3.63, 3.8) is 0 Å². The third-order valence-electron chi connectivity index (χ3n) is 3.89. The SMILES string of the molecule is Cc1nn(Cc2ccc(C(=O)Nc3cc([N+](=O)[O-])ccc3Cl)o2)c(C)c1Cl. The Bertz CT molecular complexity index is 1040. The minimum absolute atomic E-state index is 0.0419. The Morgan fingerprint density at radius 3 is 2.67 bits per heavy atom. The van der Waals surface area contributed by atoms with Crippen molar-refractivity contribution in [1.29, 1.82) is 0 Å². The lowest BCUT2D eigenvalue weighted by Gasteiger charge is -2.05. The molecule has 0 radical (unpaired) electrons. The summed E-state index contributed by atoms with van der Waals surface area (Å²) in [7, 11) is 0. The highest BCUT2D eigenvalue weighted by Crippen LogP contribution is 2.27. The molecule has 3 aromatic rings. The summed E-state index contributed by atoms with van der Waals surface area (Å²) in [4.78, 5) is 22.7. The number of halogens is 2. The Morgan fingerprint density at radius 1 is 1.30 bits per heavy atom. The van der Waals surface area contributed by atoms with Gasteiger partial charge in [0.2, 0.25) is 0 Å². The molecule has 0 fully saturated rings. The fourth-order valence-electron chi connectivity index (χ4n) is 2.47. The van der Waals surface area contributed by atoms with E-state index in [1.807, 2.05) is 6.92 Å². The van der Waals surface area contributed by atoms with E-state index in [1.165, 1.54) is 24.3 Å². The second-order valence-electron chi connectivity index (χ2n) is 5.78. The molecule has 0 aliphatic rings. The lowest BCUT2D eigenvalue weighted by molar-refractivity contribution is -0.384. The Labute approximate surface area is 163 Å². The number of nitrogens with one attached hydrogen (secondary N) is 1. The molecule has 1 N–H and O–H groups in total. The number of non-ortho nitro benzene ring substituents is 1. The predicted molar refractivity (Wildman–Crippen MR) is 101 cm³/mol. The van der Waals surface area contributed by atoms with E-state index >= 15 is 0 Å². The zero-order valence-corrected chi connectivity index (χ0v) is 15.8. The van der Waals surface area contributed by atoms with Crippen LogP contribution < -0.4 is 5.32 Å². The summed E-state index contributed by atoms with van der Waals surface area (Å²) in [6.07, 6.45) is 0. The van der Waals surface area contributed by atoms with Crippen LogP contribution in [0.5, 0.6) is 0 Å². The van der Waals surface area contributed by atoms with Crippen LogP contribution in [0.3, 0.4) is 0 Å². The van der Waals surface area contributed by atoms with Crippen LogP contribution in [0.25, 0.3) is 0 Å². The molecule has 27 heavy (non-hydrogen) atoms. The first-order valence-electron chi connectivity index (χ1n) is 7.79. The van der Waals surface area contributed by atoms with Crippen LogP contribution in [-0.4, -0.2) is 20.6 Å². The summed E-state index contributed by atoms with van der Waals surface area (Å²) in [6, 6.07) is 6.93. The molecule has 0 atom stereocenters. The maximum Gasteiger partial charge on any atom is 0.291 e. The first-order valence-corrected chi connectivity index (χ1v) is 8.55. The van der Waals surface area contributed by atoms with Gasteiger partial charge in [-0.05, 0) is 32.0 Å². The van der Waals surface area contributed by atoms with Gasteiger partial charge in [0.25, 0.3) is 11.6 Å². The monoisotopic (exact) mass is 408 g/mol. The van der Waals surface area contributed by atoms with Gasteiger partial charge in [-0.1, -0.05) is 23.2 Å². The van der Waals surface area contributed by atoms with Gasteiger partial charge in [0, 0.05) is 12.1 Å². The molecule has 1 amide bonds. The average Bonchev–Trinajstić information content (AvgIpc) is 3.18. The lowest BCUT2D eigenvalue weighted by atomic mass is 10.2. The van der Waals surface area contributed by atoms with Crippen molar-refractivity contribution < 1.29 is 14.1 Å². The summed E-state index contributed by atoms with van der Waals surface area (Å²) < 4.78 is 7.23. The van der Waals surface area contributed by atoms with Gasteiger partial charge >= 0.3 is 0 Å². The highest BCUT2D eigenvalue weighted by molar-refractivity contribution is 6.34. The van der Waals surface area contributed by atoms with Crippen molar-refractivity contribution in [2.24, 2.45) is 0 Å². The quantitative estimate of drug-likeness (QED) is 0.490. The van der Waals surface area contributed by atoms with Gasteiger partial charge in [-0.15, -0.1) is 0 Å². The van der Waals surface area contributed by atoms with Gasteiger partial charge in [-0.3, -0.25) is 19.6 Å². The molecule has 10 heteroatoms. The summed E-state index contributed by atoms with van der Waals surface area (Å²) in [6.45, 7) is 3.95. The van der Waals surface area contributed by atoms with Gasteiger partial charge in [0.15, 0.2) is 5.76 Å². The number of rotatable bonds is 5. The number of carbonyl (C=O) groups excluding carboxylic acids is 1. The van der Waals surface area contributed by atoms with E-state index in [0.29, 0.717) is 23.0 Å². The molecule has 0 aliphatic heterocycles. The first kappa shape index (κ1) is 18.9. The predicted octanol–water partition coefficient (Wildman–Crippen LogP) is 4.61. The molecule has 0 aliphatic carbocycles. The number of aryl methyl sites for hydroxylation is 1.